The van der Waals surface area contributed by atoms with Crippen molar-refractivity contribution in [2.45, 2.75) is 0 Å². The summed E-state index contributed by atoms with van der Waals surface area (Å²) < 4.78 is 0. The first-order chi connectivity index (χ1) is 6.29. The van der Waals surface area contributed by atoms with Crippen LogP contribution < -0.4 is 0 Å². The van der Waals surface area contributed by atoms with Crippen LogP contribution in [0.4, 0.5) is 0 Å². The molecule has 2 aromatic rings. The van der Waals surface area contributed by atoms with E-state index in [9.17, 15) is 4.79 Å². The van der Waals surface area contributed by atoms with Crippen LogP contribution in [0.25, 0.3) is 10.9 Å². The number of nitrogens with zero attached hydrogens (tertiary/aromatic N) is 3. The summed E-state index contributed by atoms with van der Waals surface area (Å²) in [5, 5.41) is 20.0. The zero-order valence-electron chi connectivity index (χ0n) is 6.51. The Kier molecular flexibility index (Phi) is 1.63. The second kappa shape index (κ2) is 2.78. The minimum atomic E-state index is -0.986. The van der Waals surface area contributed by atoms with E-state index in [0.29, 0.717) is 10.9 Å². The molecule has 1 aromatic heterocycles. The second-order valence-corrected chi connectivity index (χ2v) is 2.48. The highest BCUT2D eigenvalue weighted by Crippen LogP contribution is 2.14. The molecule has 13 heavy (non-hydrogen) atoms. The van der Waals surface area contributed by atoms with Crippen molar-refractivity contribution in [2.24, 2.45) is 0 Å². The van der Waals surface area contributed by atoms with E-state index >= 15 is 0 Å². The molecule has 0 aliphatic carbocycles. The molecule has 0 aliphatic rings. The Bertz CT molecular complexity index is 464. The fourth-order valence-corrected chi connectivity index (χ4v) is 1.12. The first kappa shape index (κ1) is 7.60. The Labute approximate surface area is 73.0 Å². The minimum absolute atomic E-state index is 0.194. The van der Waals surface area contributed by atoms with Gasteiger partial charge in [0, 0.05) is 5.39 Å². The van der Waals surface area contributed by atoms with Crippen molar-refractivity contribution < 1.29 is 9.90 Å². The molecule has 0 amide bonds. The molecule has 5 nitrogen and oxygen atoms in total. The fraction of sp³-hybridized carbons (Fsp3) is 0. The SMILES string of the molecule is O=C(O)c1cccc2nnncc12. The van der Waals surface area contributed by atoms with Gasteiger partial charge in [0.2, 0.25) is 0 Å². The average molecular weight is 175 g/mol. The van der Waals surface area contributed by atoms with Crippen LogP contribution in [0.1, 0.15) is 10.4 Å². The summed E-state index contributed by atoms with van der Waals surface area (Å²) in [6, 6.07) is 4.82. The Morgan fingerprint density at radius 3 is 3.00 bits per heavy atom. The standard InChI is InChI=1S/C8H5N3O2/c12-8(13)5-2-1-3-7-6(5)4-9-11-10-7/h1-4H,(H,12,13). The van der Waals surface area contributed by atoms with Gasteiger partial charge in [0.05, 0.1) is 17.3 Å². The number of aromatic carboxylic acids is 1. The van der Waals surface area contributed by atoms with E-state index < -0.39 is 5.97 Å². The average Bonchev–Trinajstić information content (AvgIpc) is 2.17. The molecule has 0 fully saturated rings. The smallest absolute Gasteiger partial charge is 0.336 e. The lowest BCUT2D eigenvalue weighted by Crippen LogP contribution is -1.99. The van der Waals surface area contributed by atoms with E-state index in [1.54, 1.807) is 12.1 Å². The Hall–Kier alpha value is -2.04. The first-order valence-corrected chi connectivity index (χ1v) is 3.59. The van der Waals surface area contributed by atoms with Gasteiger partial charge in [-0.1, -0.05) is 6.07 Å². The van der Waals surface area contributed by atoms with Gasteiger partial charge in [-0.2, -0.15) is 0 Å². The monoisotopic (exact) mass is 175 g/mol. The highest BCUT2D eigenvalue weighted by molar-refractivity contribution is 6.01. The number of rotatable bonds is 1. The van der Waals surface area contributed by atoms with E-state index in [4.69, 9.17) is 5.11 Å². The van der Waals surface area contributed by atoms with Crippen LogP contribution >= 0.6 is 0 Å². The van der Waals surface area contributed by atoms with Gasteiger partial charge in [-0.25, -0.2) is 4.79 Å². The number of carboxylic acids is 1. The van der Waals surface area contributed by atoms with Crippen LogP contribution in [0, 0.1) is 0 Å². The molecule has 0 atom stereocenters. The third-order valence-electron chi connectivity index (χ3n) is 1.70. The molecule has 0 bridgehead atoms. The van der Waals surface area contributed by atoms with Crippen molar-refractivity contribution in [3.05, 3.63) is 30.0 Å². The molecular weight excluding hydrogens is 170 g/mol. The molecule has 2 rings (SSSR count). The molecule has 64 valence electrons. The molecule has 1 heterocycles. The van der Waals surface area contributed by atoms with E-state index in [0.717, 1.165) is 0 Å². The summed E-state index contributed by atoms with van der Waals surface area (Å²) in [6.45, 7) is 0. The molecule has 1 aromatic carbocycles. The van der Waals surface area contributed by atoms with E-state index in [1.165, 1.54) is 12.3 Å². The van der Waals surface area contributed by atoms with E-state index in [-0.39, 0.29) is 5.56 Å². The van der Waals surface area contributed by atoms with Gasteiger partial charge in [-0.3, -0.25) is 0 Å². The van der Waals surface area contributed by atoms with Crippen LogP contribution in [0.15, 0.2) is 24.4 Å². The Morgan fingerprint density at radius 2 is 2.23 bits per heavy atom. The molecule has 0 radical (unpaired) electrons. The summed E-state index contributed by atoms with van der Waals surface area (Å²) in [5.74, 6) is -0.986. The molecule has 0 spiro atoms. The van der Waals surface area contributed by atoms with Crippen molar-refractivity contribution >= 4 is 16.9 Å². The van der Waals surface area contributed by atoms with E-state index in [1.807, 2.05) is 0 Å². The molecular formula is C8H5N3O2. The quantitative estimate of drug-likeness (QED) is 0.691. The molecule has 0 unspecified atom stereocenters. The molecule has 0 saturated carbocycles. The van der Waals surface area contributed by atoms with Gasteiger partial charge in [0.15, 0.2) is 0 Å². The molecule has 1 N–H and O–H groups in total. The lowest BCUT2D eigenvalue weighted by atomic mass is 10.1. The summed E-state index contributed by atoms with van der Waals surface area (Å²) in [5.41, 5.74) is 0.731. The lowest BCUT2D eigenvalue weighted by molar-refractivity contribution is 0.0699. The third kappa shape index (κ3) is 1.20. The predicted octanol–water partition coefficient (Wildman–Crippen LogP) is 0.723. The zero-order chi connectivity index (χ0) is 9.26. The number of carboxylic acid groups (broad SMARTS) is 1. The number of fused-ring (bicyclic) bond motifs is 1. The van der Waals surface area contributed by atoms with Crippen LogP contribution in [0.3, 0.4) is 0 Å². The number of hydrogen-bond acceptors (Lipinski definition) is 4. The van der Waals surface area contributed by atoms with Crippen LogP contribution in [0.2, 0.25) is 0 Å². The van der Waals surface area contributed by atoms with Crippen molar-refractivity contribution in [2.75, 3.05) is 0 Å². The van der Waals surface area contributed by atoms with Gasteiger partial charge >= 0.3 is 5.97 Å². The van der Waals surface area contributed by atoms with Crippen molar-refractivity contribution in [1.82, 2.24) is 15.4 Å². The predicted molar refractivity (Wildman–Crippen MR) is 44.3 cm³/mol. The van der Waals surface area contributed by atoms with Gasteiger partial charge < -0.3 is 5.11 Å². The number of carbonyl (C=O) groups is 1. The van der Waals surface area contributed by atoms with Gasteiger partial charge in [-0.15, -0.1) is 10.2 Å². The van der Waals surface area contributed by atoms with Gasteiger partial charge in [0.25, 0.3) is 0 Å². The Balaban J connectivity index is 2.83. The van der Waals surface area contributed by atoms with Crippen LogP contribution in [-0.2, 0) is 0 Å². The van der Waals surface area contributed by atoms with Crippen molar-refractivity contribution in [1.29, 1.82) is 0 Å². The highest BCUT2D eigenvalue weighted by atomic mass is 16.4. The number of hydrogen-bond donors (Lipinski definition) is 1. The third-order valence-corrected chi connectivity index (χ3v) is 1.70. The summed E-state index contributed by atoms with van der Waals surface area (Å²) >= 11 is 0. The number of aromatic nitrogens is 3. The van der Waals surface area contributed by atoms with Crippen LogP contribution in [-0.4, -0.2) is 26.5 Å². The largest absolute Gasteiger partial charge is 0.478 e. The lowest BCUT2D eigenvalue weighted by Gasteiger charge is -1.97. The van der Waals surface area contributed by atoms with Crippen molar-refractivity contribution in [3.8, 4) is 0 Å². The minimum Gasteiger partial charge on any atom is -0.478 e. The van der Waals surface area contributed by atoms with Crippen molar-refractivity contribution in [3.63, 3.8) is 0 Å². The molecule has 0 aliphatic heterocycles. The highest BCUT2D eigenvalue weighted by Gasteiger charge is 2.07. The zero-order valence-corrected chi connectivity index (χ0v) is 6.51. The topological polar surface area (TPSA) is 76.0 Å². The first-order valence-electron chi connectivity index (χ1n) is 3.59. The maximum Gasteiger partial charge on any atom is 0.336 e. The van der Waals surface area contributed by atoms with Crippen LogP contribution in [0.5, 0.6) is 0 Å². The fourth-order valence-electron chi connectivity index (χ4n) is 1.12. The van der Waals surface area contributed by atoms with Gasteiger partial charge in [-0.05, 0) is 17.3 Å². The van der Waals surface area contributed by atoms with E-state index in [2.05, 4.69) is 15.4 Å². The molecule has 5 heteroatoms. The van der Waals surface area contributed by atoms with Gasteiger partial charge in [0.1, 0.15) is 0 Å². The normalized spacial score (nSPS) is 10.2. The Morgan fingerprint density at radius 1 is 1.38 bits per heavy atom. The summed E-state index contributed by atoms with van der Waals surface area (Å²) in [7, 11) is 0. The second-order valence-electron chi connectivity index (χ2n) is 2.48. The summed E-state index contributed by atoms with van der Waals surface area (Å²) in [4.78, 5) is 10.7. The number of benzene rings is 1. The summed E-state index contributed by atoms with van der Waals surface area (Å²) in [6.07, 6.45) is 1.39. The maximum absolute atomic E-state index is 10.7. The molecule has 0 saturated heterocycles. The maximum atomic E-state index is 10.7.